The Kier molecular flexibility index (Phi) is 2.47. The summed E-state index contributed by atoms with van der Waals surface area (Å²) < 4.78 is 10.6. The number of nitrogens with one attached hydrogen (secondary N) is 1. The van der Waals surface area contributed by atoms with Crippen molar-refractivity contribution in [3.05, 3.63) is 0 Å². The minimum Gasteiger partial charge on any atom is -0.466 e. The smallest absolute Gasteiger partial charge is 0.313 e. The number of hydrogen-bond acceptors (Lipinski definition) is 5. The van der Waals surface area contributed by atoms with E-state index in [9.17, 15) is 4.79 Å². The van der Waals surface area contributed by atoms with Gasteiger partial charge in [-0.1, -0.05) is 0 Å². The van der Waals surface area contributed by atoms with Gasteiger partial charge in [-0.3, -0.25) is 4.79 Å². The van der Waals surface area contributed by atoms with Crippen molar-refractivity contribution in [3.8, 4) is 0 Å². The molecule has 5 heteroatoms. The van der Waals surface area contributed by atoms with Crippen molar-refractivity contribution in [1.29, 1.82) is 0 Å². The van der Waals surface area contributed by atoms with E-state index in [1.54, 1.807) is 6.92 Å². The summed E-state index contributed by atoms with van der Waals surface area (Å²) in [5.41, 5.74) is 5.46. The van der Waals surface area contributed by atoms with Crippen molar-refractivity contribution < 1.29 is 14.3 Å². The van der Waals surface area contributed by atoms with Crippen molar-refractivity contribution >= 4 is 5.97 Å². The van der Waals surface area contributed by atoms with Crippen molar-refractivity contribution in [2.24, 2.45) is 11.7 Å². The van der Waals surface area contributed by atoms with E-state index in [0.717, 1.165) is 0 Å². The van der Waals surface area contributed by atoms with Crippen LogP contribution in [0.1, 0.15) is 6.92 Å². The fraction of sp³-hybridized carbons (Fsp3) is 0.889. The zero-order valence-electron chi connectivity index (χ0n) is 8.29. The standard InChI is InChI=1S/C9H16N2O3/c1-2-13-8(12)7-6(10)3-14-9(7)4-11-5-9/h6-7,11H,2-5,10H2,1H3. The molecule has 2 aliphatic rings. The molecule has 0 bridgehead atoms. The quantitative estimate of drug-likeness (QED) is 0.551. The van der Waals surface area contributed by atoms with Gasteiger partial charge in [0.1, 0.15) is 11.5 Å². The van der Waals surface area contributed by atoms with E-state index < -0.39 is 0 Å². The highest BCUT2D eigenvalue weighted by Crippen LogP contribution is 2.35. The van der Waals surface area contributed by atoms with Gasteiger partial charge in [0.05, 0.1) is 13.2 Å². The fourth-order valence-corrected chi connectivity index (χ4v) is 2.15. The van der Waals surface area contributed by atoms with Gasteiger partial charge in [-0.25, -0.2) is 0 Å². The molecule has 0 aromatic rings. The first-order chi connectivity index (χ1) is 6.69. The summed E-state index contributed by atoms with van der Waals surface area (Å²) in [5.74, 6) is -0.525. The van der Waals surface area contributed by atoms with Gasteiger partial charge in [0, 0.05) is 19.1 Å². The molecule has 2 saturated heterocycles. The van der Waals surface area contributed by atoms with Crippen molar-refractivity contribution in [2.45, 2.75) is 18.6 Å². The third kappa shape index (κ3) is 1.32. The van der Waals surface area contributed by atoms with Gasteiger partial charge in [-0.15, -0.1) is 0 Å². The average molecular weight is 200 g/mol. The molecular formula is C9H16N2O3. The van der Waals surface area contributed by atoms with Crippen LogP contribution in [0.25, 0.3) is 0 Å². The third-order valence-electron chi connectivity index (χ3n) is 2.95. The number of carbonyl (C=O) groups is 1. The number of rotatable bonds is 2. The van der Waals surface area contributed by atoms with Gasteiger partial charge in [0.25, 0.3) is 0 Å². The lowest BCUT2D eigenvalue weighted by Gasteiger charge is -2.42. The van der Waals surface area contributed by atoms with Crippen LogP contribution in [0.3, 0.4) is 0 Å². The molecule has 2 heterocycles. The van der Waals surface area contributed by atoms with Gasteiger partial charge in [0.2, 0.25) is 0 Å². The van der Waals surface area contributed by atoms with E-state index in [1.165, 1.54) is 0 Å². The molecule has 1 spiro atoms. The third-order valence-corrected chi connectivity index (χ3v) is 2.95. The summed E-state index contributed by atoms with van der Waals surface area (Å²) in [6.07, 6.45) is 0. The first-order valence-electron chi connectivity index (χ1n) is 4.96. The predicted molar refractivity (Wildman–Crippen MR) is 49.7 cm³/mol. The van der Waals surface area contributed by atoms with Crippen LogP contribution in [0.15, 0.2) is 0 Å². The molecule has 0 amide bonds. The molecule has 2 atom stereocenters. The topological polar surface area (TPSA) is 73.6 Å². The summed E-state index contributed by atoms with van der Waals surface area (Å²) in [4.78, 5) is 11.7. The largest absolute Gasteiger partial charge is 0.466 e. The average Bonchev–Trinajstić information content (AvgIpc) is 2.42. The van der Waals surface area contributed by atoms with E-state index >= 15 is 0 Å². The normalized spacial score (nSPS) is 34.1. The van der Waals surface area contributed by atoms with E-state index in [1.807, 2.05) is 0 Å². The van der Waals surface area contributed by atoms with E-state index in [-0.39, 0.29) is 23.5 Å². The zero-order chi connectivity index (χ0) is 10.2. The SMILES string of the molecule is CCOC(=O)C1C(N)COC12CNC2. The second-order valence-corrected chi connectivity index (χ2v) is 3.87. The van der Waals surface area contributed by atoms with Crippen LogP contribution >= 0.6 is 0 Å². The Labute approximate surface area is 82.9 Å². The molecule has 0 saturated carbocycles. The lowest BCUT2D eigenvalue weighted by molar-refractivity contribution is -0.158. The first-order valence-corrected chi connectivity index (χ1v) is 4.96. The fourth-order valence-electron chi connectivity index (χ4n) is 2.15. The summed E-state index contributed by atoms with van der Waals surface area (Å²) in [6.45, 7) is 4.04. The van der Waals surface area contributed by atoms with E-state index in [2.05, 4.69) is 5.32 Å². The molecule has 2 rings (SSSR count). The lowest BCUT2D eigenvalue weighted by Crippen LogP contribution is -2.65. The Morgan fingerprint density at radius 2 is 2.43 bits per heavy atom. The highest BCUT2D eigenvalue weighted by molar-refractivity contribution is 5.75. The molecule has 0 aliphatic carbocycles. The summed E-state index contributed by atoms with van der Waals surface area (Å²) in [7, 11) is 0. The van der Waals surface area contributed by atoms with Crippen LogP contribution in [0.2, 0.25) is 0 Å². The Balaban J connectivity index is 2.09. The summed E-state index contributed by atoms with van der Waals surface area (Å²) in [6, 6.07) is -0.226. The van der Waals surface area contributed by atoms with Gasteiger partial charge < -0.3 is 20.5 Å². The molecule has 14 heavy (non-hydrogen) atoms. The maximum atomic E-state index is 11.7. The predicted octanol–water partition coefficient (Wildman–Crippen LogP) is -1.13. The maximum absolute atomic E-state index is 11.7. The number of nitrogens with two attached hydrogens (primary N) is 1. The second-order valence-electron chi connectivity index (χ2n) is 3.87. The Bertz CT molecular complexity index is 240. The minimum atomic E-state index is -0.383. The Morgan fingerprint density at radius 3 is 2.93 bits per heavy atom. The molecule has 2 unspecified atom stereocenters. The molecule has 0 radical (unpaired) electrons. The Hall–Kier alpha value is -0.650. The molecular weight excluding hydrogens is 184 g/mol. The molecule has 80 valence electrons. The maximum Gasteiger partial charge on any atom is 0.313 e. The Morgan fingerprint density at radius 1 is 1.71 bits per heavy atom. The van der Waals surface area contributed by atoms with Crippen LogP contribution in [-0.2, 0) is 14.3 Å². The van der Waals surface area contributed by atoms with Crippen LogP contribution in [0.4, 0.5) is 0 Å². The second kappa shape index (κ2) is 3.49. The van der Waals surface area contributed by atoms with Gasteiger partial charge in [-0.2, -0.15) is 0 Å². The summed E-state index contributed by atoms with van der Waals surface area (Å²) >= 11 is 0. The molecule has 0 aromatic carbocycles. The molecule has 2 aliphatic heterocycles. The first kappa shape index (κ1) is 9.89. The van der Waals surface area contributed by atoms with Crippen molar-refractivity contribution in [1.82, 2.24) is 5.32 Å². The monoisotopic (exact) mass is 200 g/mol. The number of hydrogen-bond donors (Lipinski definition) is 2. The molecule has 5 nitrogen and oxygen atoms in total. The van der Waals surface area contributed by atoms with Crippen molar-refractivity contribution in [2.75, 3.05) is 26.3 Å². The van der Waals surface area contributed by atoms with Crippen LogP contribution in [-0.4, -0.2) is 43.9 Å². The molecule has 2 fully saturated rings. The van der Waals surface area contributed by atoms with E-state index in [4.69, 9.17) is 15.2 Å². The van der Waals surface area contributed by atoms with Crippen LogP contribution in [0.5, 0.6) is 0 Å². The van der Waals surface area contributed by atoms with Gasteiger partial charge in [0.15, 0.2) is 0 Å². The van der Waals surface area contributed by atoms with Crippen LogP contribution in [0, 0.1) is 5.92 Å². The number of carbonyl (C=O) groups excluding carboxylic acids is 1. The van der Waals surface area contributed by atoms with Crippen LogP contribution < -0.4 is 11.1 Å². The van der Waals surface area contributed by atoms with Gasteiger partial charge in [-0.05, 0) is 6.92 Å². The number of ether oxygens (including phenoxy) is 2. The molecule has 3 N–H and O–H groups in total. The van der Waals surface area contributed by atoms with E-state index in [0.29, 0.717) is 26.3 Å². The highest BCUT2D eigenvalue weighted by Gasteiger charge is 2.56. The highest BCUT2D eigenvalue weighted by atomic mass is 16.5. The summed E-state index contributed by atoms with van der Waals surface area (Å²) in [5, 5.41) is 3.10. The lowest BCUT2D eigenvalue weighted by atomic mass is 9.80. The van der Waals surface area contributed by atoms with Crippen molar-refractivity contribution in [3.63, 3.8) is 0 Å². The minimum absolute atomic E-state index is 0.223. The molecule has 0 aromatic heterocycles. The van der Waals surface area contributed by atoms with Gasteiger partial charge >= 0.3 is 5.97 Å². The zero-order valence-corrected chi connectivity index (χ0v) is 8.29. The number of esters is 1.